The fourth-order valence-electron chi connectivity index (χ4n) is 3.81. The summed E-state index contributed by atoms with van der Waals surface area (Å²) in [7, 11) is 0. The smallest absolute Gasteiger partial charge is 0.123 e. The third-order valence-corrected chi connectivity index (χ3v) is 6.05. The molecule has 3 fully saturated rings. The summed E-state index contributed by atoms with van der Waals surface area (Å²) in [5, 5.41) is 3.45. The Morgan fingerprint density at radius 3 is 2.45 bits per heavy atom. The Morgan fingerprint density at radius 1 is 1.05 bits per heavy atom. The summed E-state index contributed by atoms with van der Waals surface area (Å²) in [5.74, 6) is 1.03. The molecule has 0 aliphatic carbocycles. The van der Waals surface area contributed by atoms with Crippen LogP contribution in [0.1, 0.15) is 25.0 Å². The molecule has 5 rings (SSSR count). The maximum atomic E-state index is 4.89. The van der Waals surface area contributed by atoms with Crippen molar-refractivity contribution in [1.29, 1.82) is 0 Å². The van der Waals surface area contributed by atoms with Crippen molar-refractivity contribution >= 4 is 11.3 Å². The van der Waals surface area contributed by atoms with Gasteiger partial charge in [0.15, 0.2) is 0 Å². The van der Waals surface area contributed by atoms with Crippen molar-refractivity contribution in [3.63, 3.8) is 0 Å². The molecule has 1 aromatic carbocycles. The predicted molar refractivity (Wildman–Crippen MR) is 83.5 cm³/mol. The molecule has 3 aliphatic rings. The minimum absolute atomic E-state index is 1.03. The zero-order chi connectivity index (χ0) is 13.4. The topological polar surface area (TPSA) is 12.9 Å². The van der Waals surface area contributed by atoms with Crippen LogP contribution in [0.25, 0.3) is 10.6 Å². The van der Waals surface area contributed by atoms with Gasteiger partial charge in [0, 0.05) is 10.9 Å². The summed E-state index contributed by atoms with van der Waals surface area (Å²) in [4.78, 5) is 4.89. The second-order valence-corrected chi connectivity index (χ2v) is 7.27. The molecular formula is C17H21N2S+. The molecule has 0 amide bonds. The van der Waals surface area contributed by atoms with Crippen LogP contribution < -0.4 is 0 Å². The van der Waals surface area contributed by atoms with E-state index in [1.165, 1.54) is 59.6 Å². The van der Waals surface area contributed by atoms with Crippen molar-refractivity contribution in [1.82, 2.24) is 4.98 Å². The van der Waals surface area contributed by atoms with Crippen molar-refractivity contribution in [2.24, 2.45) is 5.92 Å². The average molecular weight is 285 g/mol. The zero-order valence-electron chi connectivity index (χ0n) is 11.8. The lowest BCUT2D eigenvalue weighted by atomic mass is 9.85. The van der Waals surface area contributed by atoms with Gasteiger partial charge in [-0.1, -0.05) is 30.3 Å². The summed E-state index contributed by atoms with van der Waals surface area (Å²) in [6, 6.07) is 10.6. The monoisotopic (exact) mass is 285 g/mol. The van der Waals surface area contributed by atoms with Crippen LogP contribution in [0.4, 0.5) is 0 Å². The van der Waals surface area contributed by atoms with Crippen LogP contribution in [0.3, 0.4) is 0 Å². The number of quaternary nitrogens is 1. The Balaban J connectivity index is 1.54. The van der Waals surface area contributed by atoms with Gasteiger partial charge >= 0.3 is 0 Å². The first kappa shape index (κ1) is 12.5. The van der Waals surface area contributed by atoms with Gasteiger partial charge in [-0.25, -0.2) is 4.98 Å². The summed E-state index contributed by atoms with van der Waals surface area (Å²) in [6.07, 6.45) is 4.32. The van der Waals surface area contributed by atoms with Crippen molar-refractivity contribution in [2.75, 3.05) is 19.6 Å². The third-order valence-electron chi connectivity index (χ3n) is 5.10. The van der Waals surface area contributed by atoms with Crippen molar-refractivity contribution in [3.8, 4) is 10.6 Å². The predicted octanol–water partition coefficient (Wildman–Crippen LogP) is 3.94. The van der Waals surface area contributed by atoms with E-state index in [1.54, 1.807) is 11.3 Å². The minimum atomic E-state index is 1.03. The highest BCUT2D eigenvalue weighted by molar-refractivity contribution is 7.13. The molecule has 1 aromatic heterocycles. The number of nitrogens with zero attached hydrogens (tertiary/aromatic N) is 2. The molecule has 0 unspecified atom stereocenters. The number of piperidine rings is 3. The highest BCUT2D eigenvalue weighted by atomic mass is 32.1. The highest BCUT2D eigenvalue weighted by Crippen LogP contribution is 2.35. The van der Waals surface area contributed by atoms with Crippen LogP contribution in [0.2, 0.25) is 0 Å². The number of rotatable bonds is 3. The van der Waals surface area contributed by atoms with Gasteiger partial charge in [0.25, 0.3) is 0 Å². The first-order valence-corrected chi connectivity index (χ1v) is 8.56. The molecule has 0 radical (unpaired) electrons. The van der Waals surface area contributed by atoms with E-state index in [0.717, 1.165) is 12.5 Å². The lowest BCUT2D eigenvalue weighted by Crippen LogP contribution is -2.57. The Labute approximate surface area is 124 Å². The van der Waals surface area contributed by atoms with Crippen molar-refractivity contribution in [2.45, 2.75) is 25.8 Å². The molecule has 0 N–H and O–H groups in total. The number of hydrogen-bond donors (Lipinski definition) is 0. The lowest BCUT2D eigenvalue weighted by molar-refractivity contribution is -0.955. The van der Waals surface area contributed by atoms with E-state index in [2.05, 4.69) is 35.7 Å². The standard InChI is InChI=1S/C17H21N2S/c1-2-4-15(5-3-1)17-18-16(13-20-17)12-19-9-6-14(7-10-19)8-11-19/h1-5,13-14H,6-12H2/q+1. The van der Waals surface area contributed by atoms with E-state index in [9.17, 15) is 0 Å². The van der Waals surface area contributed by atoms with Gasteiger partial charge in [-0.3, -0.25) is 0 Å². The minimum Gasteiger partial charge on any atom is -0.319 e. The summed E-state index contributed by atoms with van der Waals surface area (Å²) in [6.45, 7) is 5.28. The number of aromatic nitrogens is 1. The van der Waals surface area contributed by atoms with E-state index < -0.39 is 0 Å². The molecule has 2 bridgehead atoms. The molecule has 20 heavy (non-hydrogen) atoms. The fraction of sp³-hybridized carbons (Fsp3) is 0.471. The molecule has 104 valence electrons. The van der Waals surface area contributed by atoms with Crippen molar-refractivity contribution < 1.29 is 4.48 Å². The van der Waals surface area contributed by atoms with E-state index in [-0.39, 0.29) is 0 Å². The first-order valence-electron chi connectivity index (χ1n) is 7.68. The summed E-state index contributed by atoms with van der Waals surface area (Å²) < 4.78 is 1.30. The number of benzene rings is 1. The molecule has 0 saturated carbocycles. The normalized spacial score (nSPS) is 28.7. The Hall–Kier alpha value is -1.19. The van der Waals surface area contributed by atoms with Gasteiger partial charge in [0.2, 0.25) is 0 Å². The lowest BCUT2D eigenvalue weighted by Gasteiger charge is -2.48. The number of thiazole rings is 1. The first-order chi connectivity index (χ1) is 9.83. The molecule has 0 atom stereocenters. The van der Waals surface area contributed by atoms with Crippen LogP contribution >= 0.6 is 11.3 Å². The van der Waals surface area contributed by atoms with Gasteiger partial charge in [-0.2, -0.15) is 0 Å². The Morgan fingerprint density at radius 2 is 1.75 bits per heavy atom. The molecule has 0 spiro atoms. The van der Waals surface area contributed by atoms with Crippen LogP contribution in [-0.4, -0.2) is 29.1 Å². The van der Waals surface area contributed by atoms with Gasteiger partial charge in [-0.05, 0) is 25.2 Å². The van der Waals surface area contributed by atoms with Crippen LogP contribution in [0.5, 0.6) is 0 Å². The molecule has 2 aromatic rings. The highest BCUT2D eigenvalue weighted by Gasteiger charge is 2.39. The van der Waals surface area contributed by atoms with E-state index in [4.69, 9.17) is 4.98 Å². The van der Waals surface area contributed by atoms with Crippen molar-refractivity contribution in [3.05, 3.63) is 41.4 Å². The third kappa shape index (κ3) is 2.29. The van der Waals surface area contributed by atoms with Gasteiger partial charge in [0.1, 0.15) is 17.2 Å². The summed E-state index contributed by atoms with van der Waals surface area (Å²) in [5.41, 5.74) is 2.55. The zero-order valence-corrected chi connectivity index (χ0v) is 12.6. The molecular weight excluding hydrogens is 264 g/mol. The van der Waals surface area contributed by atoms with Crippen LogP contribution in [0, 0.1) is 5.92 Å². The molecule has 3 heteroatoms. The molecule has 3 saturated heterocycles. The second-order valence-electron chi connectivity index (χ2n) is 6.41. The summed E-state index contributed by atoms with van der Waals surface area (Å²) >= 11 is 1.79. The largest absolute Gasteiger partial charge is 0.319 e. The molecule has 4 heterocycles. The maximum absolute atomic E-state index is 4.89. The molecule has 2 nitrogen and oxygen atoms in total. The van der Waals surface area contributed by atoms with Crippen LogP contribution in [0.15, 0.2) is 35.7 Å². The van der Waals surface area contributed by atoms with E-state index in [0.29, 0.717) is 0 Å². The number of fused-ring (bicyclic) bond motifs is 3. The fourth-order valence-corrected chi connectivity index (χ4v) is 4.63. The van der Waals surface area contributed by atoms with E-state index >= 15 is 0 Å². The SMILES string of the molecule is c1ccc(-c2nc(C[N+]34CCC(CC3)CC4)cs2)cc1. The maximum Gasteiger partial charge on any atom is 0.123 e. The number of hydrogen-bond acceptors (Lipinski definition) is 2. The van der Waals surface area contributed by atoms with E-state index in [1.807, 2.05) is 0 Å². The van der Waals surface area contributed by atoms with Gasteiger partial charge < -0.3 is 4.48 Å². The van der Waals surface area contributed by atoms with Gasteiger partial charge in [0.05, 0.1) is 19.6 Å². The Kier molecular flexibility index (Phi) is 3.12. The quantitative estimate of drug-likeness (QED) is 0.778. The molecule has 3 aliphatic heterocycles. The van der Waals surface area contributed by atoms with Gasteiger partial charge in [-0.15, -0.1) is 11.3 Å². The average Bonchev–Trinajstić information content (AvgIpc) is 2.98. The second kappa shape index (κ2) is 4.97. The Bertz CT molecular complexity index is 568. The van der Waals surface area contributed by atoms with Crippen LogP contribution in [-0.2, 0) is 6.54 Å².